The van der Waals surface area contributed by atoms with E-state index in [1.807, 2.05) is 0 Å². The van der Waals surface area contributed by atoms with Crippen LogP contribution in [-0.4, -0.2) is 17.5 Å². The zero-order valence-corrected chi connectivity index (χ0v) is 17.3. The predicted molar refractivity (Wildman–Crippen MR) is 112 cm³/mol. The Morgan fingerprint density at radius 1 is 0.909 bits per heavy atom. The highest BCUT2D eigenvalue weighted by Crippen LogP contribution is 2.43. The summed E-state index contributed by atoms with van der Waals surface area (Å²) in [6.07, 6.45) is -4.70. The normalized spacial score (nSPS) is 18.6. The summed E-state index contributed by atoms with van der Waals surface area (Å²) >= 11 is 0. The number of alkyl halides is 3. The van der Waals surface area contributed by atoms with E-state index in [1.165, 1.54) is 36.4 Å². The lowest BCUT2D eigenvalue weighted by atomic mass is 9.86. The van der Waals surface area contributed by atoms with Crippen LogP contribution in [0.1, 0.15) is 33.1 Å². The molecule has 0 spiro atoms. The van der Waals surface area contributed by atoms with E-state index in [0.717, 1.165) is 28.7 Å². The van der Waals surface area contributed by atoms with Crippen molar-refractivity contribution in [3.05, 3.63) is 101 Å². The van der Waals surface area contributed by atoms with Gasteiger partial charge < -0.3 is 0 Å². The van der Waals surface area contributed by atoms with E-state index in [4.69, 9.17) is 0 Å². The highest BCUT2D eigenvalue weighted by atomic mass is 19.4. The van der Waals surface area contributed by atoms with Gasteiger partial charge in [0.15, 0.2) is 5.78 Å². The minimum atomic E-state index is -4.70. The van der Waals surface area contributed by atoms with E-state index >= 15 is 0 Å². The number of anilines is 1. The number of carbonyl (C=O) groups excluding carboxylic acids is 3. The lowest BCUT2D eigenvalue weighted by Crippen LogP contribution is -2.31. The summed E-state index contributed by atoms with van der Waals surface area (Å²) in [6.45, 7) is 1.80. The summed E-state index contributed by atoms with van der Waals surface area (Å²) < 4.78 is 54.7. The van der Waals surface area contributed by atoms with E-state index in [0.29, 0.717) is 6.07 Å². The fourth-order valence-corrected chi connectivity index (χ4v) is 3.97. The molecule has 0 saturated carbocycles. The van der Waals surface area contributed by atoms with Crippen LogP contribution in [0.3, 0.4) is 0 Å². The van der Waals surface area contributed by atoms with E-state index in [-0.39, 0.29) is 16.8 Å². The monoisotopic (exact) mass is 455 g/mol. The number of Topliss-reactive ketones (excluding diaryl/α,β-unsaturated/α-hetero) is 2. The van der Waals surface area contributed by atoms with Crippen molar-refractivity contribution in [3.8, 4) is 0 Å². The number of ketones is 2. The van der Waals surface area contributed by atoms with Gasteiger partial charge in [-0.2, -0.15) is 13.2 Å². The van der Waals surface area contributed by atoms with Gasteiger partial charge in [0.1, 0.15) is 11.7 Å². The number of carbonyl (C=O) groups is 3. The van der Waals surface area contributed by atoms with Crippen LogP contribution in [0.5, 0.6) is 0 Å². The molecule has 1 aliphatic rings. The molecule has 1 heterocycles. The van der Waals surface area contributed by atoms with Gasteiger partial charge in [-0.25, -0.2) is 4.39 Å². The van der Waals surface area contributed by atoms with Crippen LogP contribution in [0.2, 0.25) is 0 Å². The Labute approximate surface area is 186 Å². The Morgan fingerprint density at radius 3 is 2.21 bits per heavy atom. The Morgan fingerprint density at radius 2 is 1.58 bits per heavy atom. The molecule has 0 N–H and O–H groups in total. The smallest absolute Gasteiger partial charge is 0.297 e. The van der Waals surface area contributed by atoms with Gasteiger partial charge in [-0.3, -0.25) is 19.3 Å². The average Bonchev–Trinajstić information content (AvgIpc) is 3.04. The molecule has 0 aliphatic carbocycles. The van der Waals surface area contributed by atoms with Crippen molar-refractivity contribution in [2.24, 2.45) is 5.92 Å². The number of nitrogens with zero attached hydrogens (tertiary/aromatic N) is 1. The minimum absolute atomic E-state index is 0.138. The number of aryl methyl sites for hydroxylation is 1. The minimum Gasteiger partial charge on any atom is -0.297 e. The third-order valence-electron chi connectivity index (χ3n) is 5.60. The number of amides is 1. The van der Waals surface area contributed by atoms with Crippen LogP contribution in [0, 0.1) is 18.7 Å². The SMILES string of the molecule is Cc1ccc(C(=O)C2C(=O)C(=O)N(c3cccc(C(F)(F)F)c3)C2c2ccccc2F)cc1. The first-order valence-corrected chi connectivity index (χ1v) is 9.99. The predicted octanol–water partition coefficient (Wildman–Crippen LogP) is 5.31. The molecule has 8 heteroatoms. The fourth-order valence-electron chi connectivity index (χ4n) is 3.97. The van der Waals surface area contributed by atoms with Crippen molar-refractivity contribution in [2.45, 2.75) is 19.1 Å². The highest BCUT2D eigenvalue weighted by molar-refractivity contribution is 6.49. The van der Waals surface area contributed by atoms with Crippen LogP contribution < -0.4 is 4.90 Å². The zero-order valence-electron chi connectivity index (χ0n) is 17.3. The maximum Gasteiger partial charge on any atom is 0.416 e. The number of hydrogen-bond acceptors (Lipinski definition) is 3. The molecule has 33 heavy (non-hydrogen) atoms. The first kappa shape index (κ1) is 22.4. The molecule has 4 nitrogen and oxygen atoms in total. The zero-order chi connectivity index (χ0) is 23.9. The highest BCUT2D eigenvalue weighted by Gasteiger charge is 2.53. The second-order valence-electron chi connectivity index (χ2n) is 7.76. The van der Waals surface area contributed by atoms with Crippen LogP contribution in [-0.2, 0) is 15.8 Å². The van der Waals surface area contributed by atoms with E-state index in [1.54, 1.807) is 19.1 Å². The van der Waals surface area contributed by atoms with E-state index in [9.17, 15) is 31.9 Å². The molecule has 1 amide bonds. The summed E-state index contributed by atoms with van der Waals surface area (Å²) in [5.41, 5.74) is -0.438. The molecule has 3 aromatic rings. The topological polar surface area (TPSA) is 54.5 Å². The lowest BCUT2D eigenvalue weighted by molar-refractivity contribution is -0.137. The van der Waals surface area contributed by atoms with Crippen LogP contribution >= 0.6 is 0 Å². The molecule has 3 aromatic carbocycles. The third-order valence-corrected chi connectivity index (χ3v) is 5.60. The summed E-state index contributed by atoms with van der Waals surface area (Å²) in [5.74, 6) is -5.40. The van der Waals surface area contributed by atoms with Gasteiger partial charge in [0.25, 0.3) is 5.91 Å². The average molecular weight is 455 g/mol. The molecule has 0 radical (unpaired) electrons. The molecule has 0 aromatic heterocycles. The van der Waals surface area contributed by atoms with Crippen LogP contribution in [0.4, 0.5) is 23.2 Å². The molecule has 1 fully saturated rings. The Hall–Kier alpha value is -3.81. The van der Waals surface area contributed by atoms with E-state index in [2.05, 4.69) is 0 Å². The van der Waals surface area contributed by atoms with Gasteiger partial charge in [0, 0.05) is 16.8 Å². The van der Waals surface area contributed by atoms with Crippen molar-refractivity contribution >= 4 is 23.2 Å². The lowest BCUT2D eigenvalue weighted by Gasteiger charge is -2.28. The Kier molecular flexibility index (Phi) is 5.61. The first-order valence-electron chi connectivity index (χ1n) is 9.99. The second kappa shape index (κ2) is 8.27. The Balaban J connectivity index is 1.89. The second-order valence-corrected chi connectivity index (χ2v) is 7.76. The molecule has 1 aliphatic heterocycles. The van der Waals surface area contributed by atoms with Gasteiger partial charge >= 0.3 is 6.18 Å². The summed E-state index contributed by atoms with van der Waals surface area (Å²) in [6, 6.07) is 13.9. The third kappa shape index (κ3) is 4.04. The van der Waals surface area contributed by atoms with Gasteiger partial charge in [-0.05, 0) is 31.2 Å². The molecule has 2 unspecified atom stereocenters. The molecular weight excluding hydrogens is 438 g/mol. The molecule has 1 saturated heterocycles. The van der Waals surface area contributed by atoms with Gasteiger partial charge in [-0.15, -0.1) is 0 Å². The molecular formula is C25H17F4NO3. The first-order chi connectivity index (χ1) is 15.6. The van der Waals surface area contributed by atoms with Crippen molar-refractivity contribution in [1.29, 1.82) is 0 Å². The fraction of sp³-hybridized carbons (Fsp3) is 0.160. The van der Waals surface area contributed by atoms with Gasteiger partial charge in [-0.1, -0.05) is 54.1 Å². The van der Waals surface area contributed by atoms with Crippen molar-refractivity contribution < 1.29 is 31.9 Å². The summed E-state index contributed by atoms with van der Waals surface area (Å²) in [4.78, 5) is 40.1. The Bertz CT molecular complexity index is 1250. The van der Waals surface area contributed by atoms with Crippen molar-refractivity contribution in [2.75, 3.05) is 4.90 Å². The molecule has 0 bridgehead atoms. The molecule has 168 valence electrons. The van der Waals surface area contributed by atoms with Gasteiger partial charge in [0.2, 0.25) is 5.78 Å². The molecule has 4 rings (SSSR count). The van der Waals surface area contributed by atoms with Gasteiger partial charge in [0.05, 0.1) is 11.6 Å². The number of benzene rings is 3. The maximum absolute atomic E-state index is 14.8. The largest absolute Gasteiger partial charge is 0.416 e. The standard InChI is InChI=1S/C25H17F4NO3/c1-14-9-11-15(12-10-14)22(31)20-21(18-7-2-3-8-19(18)26)30(24(33)23(20)32)17-6-4-5-16(13-17)25(27,28)29/h2-13,20-21H,1H3. The van der Waals surface area contributed by atoms with Crippen molar-refractivity contribution in [1.82, 2.24) is 0 Å². The quantitative estimate of drug-likeness (QED) is 0.232. The molecule has 2 atom stereocenters. The van der Waals surface area contributed by atoms with Crippen LogP contribution in [0.15, 0.2) is 72.8 Å². The maximum atomic E-state index is 14.8. The van der Waals surface area contributed by atoms with E-state index < -0.39 is 47.0 Å². The summed E-state index contributed by atoms with van der Waals surface area (Å²) in [7, 11) is 0. The number of halogens is 4. The number of rotatable bonds is 4. The summed E-state index contributed by atoms with van der Waals surface area (Å²) in [5, 5.41) is 0. The van der Waals surface area contributed by atoms with Crippen molar-refractivity contribution in [3.63, 3.8) is 0 Å². The number of hydrogen-bond donors (Lipinski definition) is 0. The van der Waals surface area contributed by atoms with Crippen LogP contribution in [0.25, 0.3) is 0 Å².